The number of allylic oxidation sites excluding steroid dienone is 13. The molecule has 3 aromatic rings. The van der Waals surface area contributed by atoms with Gasteiger partial charge in [0, 0.05) is 101 Å². The van der Waals surface area contributed by atoms with Gasteiger partial charge in [0.2, 0.25) is 34.9 Å². The van der Waals surface area contributed by atoms with Gasteiger partial charge >= 0.3 is 0 Å². The first-order chi connectivity index (χ1) is 46.3. The van der Waals surface area contributed by atoms with Crippen molar-refractivity contribution in [1.29, 1.82) is 0 Å². The Morgan fingerprint density at radius 1 is 0.402 bits per heavy atom. The number of hydroxylamine groups is 2. The zero-order valence-corrected chi connectivity index (χ0v) is 58.0. The Hall–Kier alpha value is -10.3. The van der Waals surface area contributed by atoms with E-state index >= 15 is 0 Å². The van der Waals surface area contributed by atoms with Gasteiger partial charge in [0.25, 0.3) is 11.8 Å². The van der Waals surface area contributed by atoms with Crippen LogP contribution in [0.15, 0.2) is 176 Å². The van der Waals surface area contributed by atoms with Crippen LogP contribution in [0.3, 0.4) is 0 Å². The molecule has 3 aromatic carbocycles. The molecule has 0 spiro atoms. The third-order valence-corrected chi connectivity index (χ3v) is 15.4. The number of fused-ring (bicyclic) bond motifs is 3. The van der Waals surface area contributed by atoms with Crippen LogP contribution in [0.1, 0.15) is 174 Å². The first kappa shape index (κ1) is 79.1. The molecule has 4 aliphatic rings. The molecule has 7 rings (SSSR count). The van der Waals surface area contributed by atoms with Gasteiger partial charge in [-0.1, -0.05) is 145 Å². The number of nitrogens with one attached hydrogen (secondary N) is 2. The van der Waals surface area contributed by atoms with Gasteiger partial charge in [-0.05, 0) is 63.8 Å². The van der Waals surface area contributed by atoms with Gasteiger partial charge in [0.15, 0.2) is 46.2 Å². The average molecular weight is 1330 g/mol. The minimum Gasteiger partial charge on any atom is -0.492 e. The second-order valence-corrected chi connectivity index (χ2v) is 22.8. The van der Waals surface area contributed by atoms with Crippen molar-refractivity contribution in [3.05, 3.63) is 210 Å². The lowest BCUT2D eigenvalue weighted by molar-refractivity contribution is -0.128. The van der Waals surface area contributed by atoms with E-state index in [1.807, 2.05) is 13.8 Å². The number of methoxy groups -OCH3 is 4. The van der Waals surface area contributed by atoms with Crippen LogP contribution in [0.25, 0.3) is 0 Å². The largest absolute Gasteiger partial charge is 0.492 e. The maximum Gasteiger partial charge on any atom is 0.270 e. The van der Waals surface area contributed by atoms with Gasteiger partial charge in [-0.3, -0.25) is 67.2 Å². The Labute approximate surface area is 566 Å². The Morgan fingerprint density at radius 3 is 1.10 bits per heavy atom. The second-order valence-electron chi connectivity index (χ2n) is 22.8. The van der Waals surface area contributed by atoms with Crippen LogP contribution in [0.2, 0.25) is 0 Å². The first-order valence-corrected chi connectivity index (χ1v) is 31.7. The van der Waals surface area contributed by atoms with Gasteiger partial charge in [-0.2, -0.15) is 0 Å². The van der Waals surface area contributed by atoms with Gasteiger partial charge in [0.05, 0.1) is 59.4 Å². The van der Waals surface area contributed by atoms with Gasteiger partial charge in [-0.15, -0.1) is 0 Å². The molecule has 2 N–H and O–H groups in total. The normalized spacial score (nSPS) is 14.8. The van der Waals surface area contributed by atoms with Crippen molar-refractivity contribution in [2.45, 2.75) is 112 Å². The molecule has 4 amide bonds. The minimum atomic E-state index is -0.457. The molecule has 22 heteroatoms. The first-order valence-electron chi connectivity index (χ1n) is 31.7. The summed E-state index contributed by atoms with van der Waals surface area (Å²) in [5.74, 6) is -4.05. The number of benzene rings is 3. The topological polar surface area (TPSA) is 291 Å². The lowest BCUT2D eigenvalue weighted by atomic mass is 9.87. The summed E-state index contributed by atoms with van der Waals surface area (Å²) in [5.41, 5.74) is 8.80. The van der Waals surface area contributed by atoms with Crippen molar-refractivity contribution in [3.63, 3.8) is 0 Å². The third kappa shape index (κ3) is 20.4. The Balaban J connectivity index is 0.000000275. The number of Topliss-reactive ketones (excluding diaryl/α,β-unsaturated/α-hetero) is 7. The number of ketones is 8. The number of hydrogen-bond acceptors (Lipinski definition) is 18. The summed E-state index contributed by atoms with van der Waals surface area (Å²) in [5, 5.41) is 0. The van der Waals surface area contributed by atoms with E-state index in [-0.39, 0.29) is 109 Å². The zero-order valence-electron chi connectivity index (χ0n) is 58.0. The number of carbonyl (C=O) groups excluding carboxylic acids is 12. The SMILES string of the molecule is CCC/C(=C\C1=C(OC)C(=O)c2ccccc2C1=O)C(=O)N(C)C.CCC/C(=C\C1=C(OC)C(=O)c2ccccc2C1=O)C(=O)NOC.CCCCCCCCC/C(=C\C1=CC(=O)C(OC)=C(C)C1=O)C(=O)NOC.COC1=C(/C=C(\C)C(=O)N(C)C)C(=O)c2ccccc2C1=O. The quantitative estimate of drug-likeness (QED) is 0.0327. The van der Waals surface area contributed by atoms with Crippen LogP contribution in [-0.4, -0.2) is 151 Å². The van der Waals surface area contributed by atoms with Crippen LogP contribution in [-0.2, 0) is 57.4 Å². The van der Waals surface area contributed by atoms with E-state index in [0.717, 1.165) is 25.7 Å². The molecule has 0 aliphatic heterocycles. The number of unbranched alkanes of at least 4 members (excludes halogenated alkanes) is 6. The smallest absolute Gasteiger partial charge is 0.270 e. The molecule has 0 saturated heterocycles. The van der Waals surface area contributed by atoms with Crippen molar-refractivity contribution in [3.8, 4) is 0 Å². The number of rotatable bonds is 26. The van der Waals surface area contributed by atoms with E-state index in [1.165, 1.54) is 109 Å². The minimum absolute atomic E-state index is 0.0149. The Morgan fingerprint density at radius 2 is 0.742 bits per heavy atom. The fourth-order valence-corrected chi connectivity index (χ4v) is 10.6. The maximum atomic E-state index is 12.8. The van der Waals surface area contributed by atoms with Gasteiger partial charge in [-0.25, -0.2) is 11.0 Å². The standard InChI is InChI=1S/C21H31NO5.C19H21NO4.C18H19NO5.C17H17NO4/c1-5-6-7-8-9-10-11-12-16(21(25)22-27-4)13-17-14-18(23)20(26-3)15(2)19(17)24;1-5-8-12(19(23)20(2)3)11-15-16(21)13-9-6-7-10-14(13)17(22)18(15)24-4;1-4-7-11(18(22)19-24-3)10-14-15(20)12-8-5-6-9-13(12)16(21)17(14)23-2;1-10(17(21)18(2)3)9-13-14(19)11-7-5-6-8-12(11)15(20)16(13)22-4/h13-14H,5-12H2,1-4H3,(H,22,25);6-7,9-11H,5,8H2,1-4H3;5-6,8-10H,4,7H2,1-3H3,(H,19,22);5-9H,1-4H3/b16-13+;12-11+;11-10+;10-9+. The van der Waals surface area contributed by atoms with Crippen LogP contribution < -0.4 is 11.0 Å². The van der Waals surface area contributed by atoms with E-state index < -0.39 is 11.8 Å². The summed E-state index contributed by atoms with van der Waals surface area (Å²) in [6.07, 6.45) is 17.8. The van der Waals surface area contributed by atoms with E-state index in [1.54, 1.807) is 115 Å². The van der Waals surface area contributed by atoms with Gasteiger partial charge in [0.1, 0.15) is 0 Å². The highest BCUT2D eigenvalue weighted by Gasteiger charge is 2.36. The summed E-state index contributed by atoms with van der Waals surface area (Å²) in [6, 6.07) is 19.8. The molecule has 0 fully saturated rings. The summed E-state index contributed by atoms with van der Waals surface area (Å²) in [4.78, 5) is 161. The van der Waals surface area contributed by atoms with Crippen molar-refractivity contribution in [2.75, 3.05) is 70.8 Å². The van der Waals surface area contributed by atoms with Crippen LogP contribution in [0.4, 0.5) is 0 Å². The molecule has 0 heterocycles. The molecule has 0 atom stereocenters. The number of carbonyl (C=O) groups is 12. The number of hydrogen-bond donors (Lipinski definition) is 2. The molecule has 4 aliphatic carbocycles. The lowest BCUT2D eigenvalue weighted by Crippen LogP contribution is -2.26. The van der Waals surface area contributed by atoms with Crippen molar-refractivity contribution in [2.24, 2.45) is 0 Å². The molecule has 0 radical (unpaired) electrons. The highest BCUT2D eigenvalue weighted by molar-refractivity contribution is 6.30. The molecule has 0 aromatic heterocycles. The average Bonchev–Trinajstić information content (AvgIpc) is 0.877. The molecular formula is C75H88N4O18. The van der Waals surface area contributed by atoms with Gasteiger partial charge < -0.3 is 28.7 Å². The number of likely N-dealkylation sites (N-methyl/N-ethyl adjacent to an activating group) is 2. The number of nitrogens with zero attached hydrogens (tertiary/aromatic N) is 2. The molecule has 0 unspecified atom stereocenters. The maximum absolute atomic E-state index is 12.8. The fourth-order valence-electron chi connectivity index (χ4n) is 10.6. The fraction of sp³-hybridized carbons (Fsp3) is 0.360. The van der Waals surface area contributed by atoms with Crippen molar-refractivity contribution < 1.29 is 86.2 Å². The van der Waals surface area contributed by atoms with Crippen molar-refractivity contribution >= 4 is 69.9 Å². The number of amides is 4. The third-order valence-electron chi connectivity index (χ3n) is 15.4. The van der Waals surface area contributed by atoms with Crippen LogP contribution in [0, 0.1) is 0 Å². The number of ether oxygens (including phenoxy) is 4. The zero-order chi connectivity index (χ0) is 72.2. The molecule has 22 nitrogen and oxygen atoms in total. The highest BCUT2D eigenvalue weighted by atomic mass is 16.6. The molecule has 0 saturated carbocycles. The summed E-state index contributed by atoms with van der Waals surface area (Å²) in [6.45, 7) is 9.18. The highest BCUT2D eigenvalue weighted by Crippen LogP contribution is 2.32. The Bertz CT molecular complexity index is 3860. The van der Waals surface area contributed by atoms with E-state index in [0.29, 0.717) is 81.4 Å². The van der Waals surface area contributed by atoms with Crippen LogP contribution >= 0.6 is 0 Å². The van der Waals surface area contributed by atoms with E-state index in [2.05, 4.69) is 22.7 Å². The predicted octanol–water partition coefficient (Wildman–Crippen LogP) is 10.9. The monoisotopic (exact) mass is 1330 g/mol. The molecular weight excluding hydrogens is 1240 g/mol. The Kier molecular flexibility index (Phi) is 31.7. The lowest BCUT2D eigenvalue weighted by Gasteiger charge is -2.19. The van der Waals surface area contributed by atoms with E-state index in [4.69, 9.17) is 23.8 Å². The molecule has 516 valence electrons. The van der Waals surface area contributed by atoms with Crippen LogP contribution in [0.5, 0.6) is 0 Å². The summed E-state index contributed by atoms with van der Waals surface area (Å²) in [7, 11) is 14.6. The second kappa shape index (κ2) is 38.9. The predicted molar refractivity (Wildman–Crippen MR) is 363 cm³/mol. The molecule has 97 heavy (non-hydrogen) atoms. The van der Waals surface area contributed by atoms with Crippen molar-refractivity contribution in [1.82, 2.24) is 20.8 Å². The summed E-state index contributed by atoms with van der Waals surface area (Å²) < 4.78 is 20.5. The molecule has 0 bridgehead atoms. The van der Waals surface area contributed by atoms with E-state index in [9.17, 15) is 57.5 Å². The summed E-state index contributed by atoms with van der Waals surface area (Å²) >= 11 is 0.